The maximum absolute atomic E-state index is 12.3. The molecule has 0 radical (unpaired) electrons. The molecule has 0 aliphatic carbocycles. The highest BCUT2D eigenvalue weighted by Gasteiger charge is 2.21. The number of carbonyl (C=O) groups is 1. The summed E-state index contributed by atoms with van der Waals surface area (Å²) >= 11 is 0. The number of hydrogen-bond donors (Lipinski definition) is 1. The van der Waals surface area contributed by atoms with Crippen molar-refractivity contribution in [3.8, 4) is 11.4 Å². The average molecular weight is 382 g/mol. The number of hydrogen-bond acceptors (Lipinski definition) is 7. The van der Waals surface area contributed by atoms with Crippen molar-refractivity contribution in [1.29, 1.82) is 0 Å². The van der Waals surface area contributed by atoms with Gasteiger partial charge in [-0.15, -0.1) is 5.10 Å². The summed E-state index contributed by atoms with van der Waals surface area (Å²) in [5, 5.41) is 21.5. The van der Waals surface area contributed by atoms with Gasteiger partial charge in [0.15, 0.2) is 11.5 Å². The van der Waals surface area contributed by atoms with Gasteiger partial charge in [0.05, 0.1) is 10.6 Å². The first-order valence-corrected chi connectivity index (χ1v) is 8.41. The van der Waals surface area contributed by atoms with Crippen LogP contribution in [0.15, 0.2) is 42.5 Å². The molecule has 0 unspecified atom stereocenters. The van der Waals surface area contributed by atoms with E-state index in [1.165, 1.54) is 23.7 Å². The second-order valence-corrected chi connectivity index (χ2v) is 6.05. The number of nitro groups is 1. The Hall–Kier alpha value is -3.82. The molecule has 144 valence electrons. The van der Waals surface area contributed by atoms with E-state index in [-0.39, 0.29) is 22.9 Å². The Kier molecular flexibility index (Phi) is 5.30. The molecule has 0 fully saturated rings. The molecule has 0 aliphatic rings. The molecule has 2 heterocycles. The summed E-state index contributed by atoms with van der Waals surface area (Å²) in [6, 6.07) is 12.1. The maximum atomic E-state index is 12.3. The molecule has 3 aromatic rings. The maximum Gasteiger partial charge on any atom is 0.413 e. The lowest BCUT2D eigenvalue weighted by Crippen LogP contribution is -2.18. The van der Waals surface area contributed by atoms with Gasteiger partial charge in [0.25, 0.3) is 5.69 Å². The van der Waals surface area contributed by atoms with E-state index >= 15 is 0 Å². The lowest BCUT2D eigenvalue weighted by molar-refractivity contribution is -0.385. The topological polar surface area (TPSA) is 125 Å². The van der Waals surface area contributed by atoms with Crippen LogP contribution in [0.1, 0.15) is 24.3 Å². The van der Waals surface area contributed by atoms with Crippen molar-refractivity contribution >= 4 is 17.6 Å². The average Bonchev–Trinajstić information content (AvgIpc) is 3.02. The van der Waals surface area contributed by atoms with Crippen LogP contribution >= 0.6 is 0 Å². The van der Waals surface area contributed by atoms with E-state index in [9.17, 15) is 14.9 Å². The Bertz CT molecular complexity index is 1020. The van der Waals surface area contributed by atoms with Gasteiger partial charge in [-0.3, -0.25) is 15.4 Å². The molecule has 1 N–H and O–H groups in total. The second-order valence-electron chi connectivity index (χ2n) is 6.05. The van der Waals surface area contributed by atoms with Gasteiger partial charge in [-0.05, 0) is 25.5 Å². The van der Waals surface area contributed by atoms with Gasteiger partial charge in [-0.25, -0.2) is 14.5 Å². The molecule has 0 bridgehead atoms. The fourth-order valence-corrected chi connectivity index (χ4v) is 2.63. The number of carbonyl (C=O) groups excluding carboxylic acids is 1. The molecular weight excluding hydrogens is 364 g/mol. The zero-order chi connectivity index (χ0) is 20.3. The van der Waals surface area contributed by atoms with Crippen LogP contribution in [0, 0.1) is 17.0 Å². The zero-order valence-corrected chi connectivity index (χ0v) is 15.5. The molecule has 10 heteroatoms. The zero-order valence-electron chi connectivity index (χ0n) is 15.5. The first-order valence-electron chi connectivity index (χ1n) is 8.41. The summed E-state index contributed by atoms with van der Waals surface area (Å²) < 4.78 is 6.76. The Morgan fingerprint density at radius 3 is 2.61 bits per heavy atom. The Balaban J connectivity index is 1.80. The standard InChI is InChI=1S/C18H18N6O4/c1-11-15(24(26)27)10-9-14(19-11)16-17(23(3)22-21-16)20-18(25)28-12(2)13-7-5-4-6-8-13/h4-10,12H,1-3H3,(H,20,25)/t12-/m1/s1. The van der Waals surface area contributed by atoms with E-state index in [0.717, 1.165) is 5.56 Å². The third-order valence-corrected chi connectivity index (χ3v) is 4.10. The monoisotopic (exact) mass is 382 g/mol. The van der Waals surface area contributed by atoms with Crippen molar-refractivity contribution in [3.05, 3.63) is 63.8 Å². The quantitative estimate of drug-likeness (QED) is 0.529. The highest BCUT2D eigenvalue weighted by atomic mass is 16.6. The molecular formula is C18H18N6O4. The van der Waals surface area contributed by atoms with Crippen LogP contribution in [0.4, 0.5) is 16.3 Å². The van der Waals surface area contributed by atoms with Crippen molar-refractivity contribution in [2.75, 3.05) is 5.32 Å². The van der Waals surface area contributed by atoms with E-state index in [2.05, 4.69) is 20.6 Å². The van der Waals surface area contributed by atoms with Crippen LogP contribution in [0.2, 0.25) is 0 Å². The van der Waals surface area contributed by atoms with Gasteiger partial charge < -0.3 is 4.74 Å². The van der Waals surface area contributed by atoms with Crippen LogP contribution in [0.5, 0.6) is 0 Å². The number of aryl methyl sites for hydroxylation is 2. The van der Waals surface area contributed by atoms with Gasteiger partial charge in [0.2, 0.25) is 0 Å². The molecule has 2 aromatic heterocycles. The summed E-state index contributed by atoms with van der Waals surface area (Å²) in [6.07, 6.45) is -1.13. The van der Waals surface area contributed by atoms with Crippen LogP contribution in [0.25, 0.3) is 11.4 Å². The first kappa shape index (κ1) is 19.0. The minimum atomic E-state index is -0.679. The molecule has 0 aliphatic heterocycles. The fraction of sp³-hybridized carbons (Fsp3) is 0.222. The second kappa shape index (κ2) is 7.82. The summed E-state index contributed by atoms with van der Waals surface area (Å²) in [4.78, 5) is 27.0. The van der Waals surface area contributed by atoms with Gasteiger partial charge in [-0.1, -0.05) is 35.5 Å². The van der Waals surface area contributed by atoms with Crippen molar-refractivity contribution in [2.24, 2.45) is 7.05 Å². The van der Waals surface area contributed by atoms with Gasteiger partial charge in [-0.2, -0.15) is 0 Å². The molecule has 0 saturated carbocycles. The number of anilines is 1. The van der Waals surface area contributed by atoms with Gasteiger partial charge in [0, 0.05) is 13.1 Å². The SMILES string of the molecule is Cc1nc(-c2nnn(C)c2NC(=O)O[C@H](C)c2ccccc2)ccc1[N+](=O)[O-]. The first-order chi connectivity index (χ1) is 13.4. The summed E-state index contributed by atoms with van der Waals surface area (Å²) in [5.41, 5.74) is 1.62. The predicted octanol–water partition coefficient (Wildman–Crippen LogP) is 3.40. The minimum Gasteiger partial charge on any atom is -0.441 e. The van der Waals surface area contributed by atoms with Crippen LogP contribution < -0.4 is 5.32 Å². The minimum absolute atomic E-state index is 0.0988. The molecule has 1 aromatic carbocycles. The smallest absolute Gasteiger partial charge is 0.413 e. The number of nitrogens with zero attached hydrogens (tertiary/aromatic N) is 5. The van der Waals surface area contributed by atoms with E-state index < -0.39 is 17.1 Å². The number of nitrogens with one attached hydrogen (secondary N) is 1. The van der Waals surface area contributed by atoms with Crippen molar-refractivity contribution < 1.29 is 14.5 Å². The Morgan fingerprint density at radius 2 is 1.96 bits per heavy atom. The molecule has 0 spiro atoms. The molecule has 1 atom stereocenters. The van der Waals surface area contributed by atoms with E-state index in [0.29, 0.717) is 5.69 Å². The summed E-state index contributed by atoms with van der Waals surface area (Å²) in [7, 11) is 1.60. The van der Waals surface area contributed by atoms with Crippen molar-refractivity contribution in [2.45, 2.75) is 20.0 Å². The summed E-state index contributed by atoms with van der Waals surface area (Å²) in [6.45, 7) is 3.29. The number of ether oxygens (including phenoxy) is 1. The van der Waals surface area contributed by atoms with Gasteiger partial charge >= 0.3 is 6.09 Å². The van der Waals surface area contributed by atoms with Crippen molar-refractivity contribution in [1.82, 2.24) is 20.0 Å². The Morgan fingerprint density at radius 1 is 1.25 bits per heavy atom. The number of rotatable bonds is 5. The normalized spacial score (nSPS) is 11.7. The molecule has 0 saturated heterocycles. The number of benzene rings is 1. The molecule has 3 rings (SSSR count). The number of amides is 1. The van der Waals surface area contributed by atoms with Crippen LogP contribution in [0.3, 0.4) is 0 Å². The fourth-order valence-electron chi connectivity index (χ4n) is 2.63. The van der Waals surface area contributed by atoms with Gasteiger partial charge in [0.1, 0.15) is 11.8 Å². The largest absolute Gasteiger partial charge is 0.441 e. The van der Waals surface area contributed by atoms with E-state index in [4.69, 9.17) is 4.74 Å². The van der Waals surface area contributed by atoms with E-state index in [1.54, 1.807) is 14.0 Å². The van der Waals surface area contributed by atoms with E-state index in [1.807, 2.05) is 30.3 Å². The number of aromatic nitrogens is 4. The lowest BCUT2D eigenvalue weighted by atomic mass is 10.1. The van der Waals surface area contributed by atoms with Crippen LogP contribution in [-0.2, 0) is 11.8 Å². The Labute approximate surface area is 160 Å². The highest BCUT2D eigenvalue weighted by molar-refractivity contribution is 5.88. The number of pyridine rings is 1. The van der Waals surface area contributed by atoms with Crippen LogP contribution in [-0.4, -0.2) is 31.0 Å². The lowest BCUT2D eigenvalue weighted by Gasteiger charge is -2.14. The predicted molar refractivity (Wildman–Crippen MR) is 101 cm³/mol. The third-order valence-electron chi connectivity index (χ3n) is 4.10. The molecule has 10 nitrogen and oxygen atoms in total. The highest BCUT2D eigenvalue weighted by Crippen LogP contribution is 2.27. The van der Waals surface area contributed by atoms with Crippen molar-refractivity contribution in [3.63, 3.8) is 0 Å². The molecule has 1 amide bonds. The summed E-state index contributed by atoms with van der Waals surface area (Å²) in [5.74, 6) is 0.269. The molecule has 28 heavy (non-hydrogen) atoms. The third kappa shape index (κ3) is 3.95.